The second-order valence-corrected chi connectivity index (χ2v) is 6.00. The Balaban J connectivity index is 1.77. The zero-order valence-electron chi connectivity index (χ0n) is 11.0. The summed E-state index contributed by atoms with van der Waals surface area (Å²) in [6, 6.07) is 7.58. The predicted octanol–water partition coefficient (Wildman–Crippen LogP) is 3.03. The lowest BCUT2D eigenvalue weighted by molar-refractivity contribution is -0.140. The van der Waals surface area contributed by atoms with E-state index >= 15 is 0 Å². The smallest absolute Gasteiger partial charge is 0.314 e. The highest BCUT2D eigenvalue weighted by Gasteiger charge is 2.51. The SMILES string of the molecule is O=C(O)C1(c2ccc(C(O)C3CCCC3)cc2)CC1. The molecule has 3 heteroatoms. The number of carboxylic acid groups (broad SMARTS) is 1. The maximum Gasteiger partial charge on any atom is 0.314 e. The Labute approximate surface area is 113 Å². The lowest BCUT2D eigenvalue weighted by Crippen LogP contribution is -2.19. The van der Waals surface area contributed by atoms with E-state index in [1.54, 1.807) is 0 Å². The van der Waals surface area contributed by atoms with Gasteiger partial charge < -0.3 is 10.2 Å². The third kappa shape index (κ3) is 2.16. The van der Waals surface area contributed by atoms with Crippen LogP contribution in [0.1, 0.15) is 55.8 Å². The van der Waals surface area contributed by atoms with Crippen LogP contribution < -0.4 is 0 Å². The average molecular weight is 260 g/mol. The minimum atomic E-state index is -0.725. The van der Waals surface area contributed by atoms with Gasteiger partial charge in [-0.3, -0.25) is 4.79 Å². The Hall–Kier alpha value is -1.35. The predicted molar refractivity (Wildman–Crippen MR) is 71.9 cm³/mol. The molecule has 19 heavy (non-hydrogen) atoms. The number of aliphatic hydroxyl groups excluding tert-OH is 1. The zero-order valence-corrected chi connectivity index (χ0v) is 11.0. The molecule has 2 saturated carbocycles. The van der Waals surface area contributed by atoms with Gasteiger partial charge in [-0.1, -0.05) is 37.1 Å². The highest BCUT2D eigenvalue weighted by Crippen LogP contribution is 2.48. The molecule has 0 heterocycles. The lowest BCUT2D eigenvalue weighted by Gasteiger charge is -2.19. The van der Waals surface area contributed by atoms with Gasteiger partial charge in [-0.05, 0) is 42.7 Å². The second-order valence-electron chi connectivity index (χ2n) is 6.00. The van der Waals surface area contributed by atoms with Crippen LogP contribution in [0.25, 0.3) is 0 Å². The van der Waals surface area contributed by atoms with Crippen LogP contribution in [0, 0.1) is 5.92 Å². The summed E-state index contributed by atoms with van der Waals surface area (Å²) in [5, 5.41) is 19.6. The quantitative estimate of drug-likeness (QED) is 0.875. The first-order valence-electron chi connectivity index (χ1n) is 7.15. The van der Waals surface area contributed by atoms with Crippen LogP contribution in [0.5, 0.6) is 0 Å². The fourth-order valence-corrected chi connectivity index (χ4v) is 3.30. The first-order valence-corrected chi connectivity index (χ1v) is 7.15. The lowest BCUT2D eigenvalue weighted by atomic mass is 9.90. The van der Waals surface area contributed by atoms with Gasteiger partial charge in [0.15, 0.2) is 0 Å². The molecule has 0 amide bonds. The third-order valence-corrected chi connectivity index (χ3v) is 4.81. The molecule has 0 spiro atoms. The van der Waals surface area contributed by atoms with Crippen LogP contribution in [-0.4, -0.2) is 16.2 Å². The Kier molecular flexibility index (Phi) is 3.09. The van der Waals surface area contributed by atoms with Crippen LogP contribution >= 0.6 is 0 Å². The van der Waals surface area contributed by atoms with Gasteiger partial charge in [0.2, 0.25) is 0 Å². The summed E-state index contributed by atoms with van der Waals surface area (Å²) in [7, 11) is 0. The van der Waals surface area contributed by atoms with E-state index in [0.717, 1.165) is 36.8 Å². The molecule has 2 aliphatic carbocycles. The largest absolute Gasteiger partial charge is 0.481 e. The van der Waals surface area contributed by atoms with Gasteiger partial charge in [0, 0.05) is 0 Å². The van der Waals surface area contributed by atoms with Crippen LogP contribution in [0.4, 0.5) is 0 Å². The Morgan fingerprint density at radius 2 is 1.74 bits per heavy atom. The van der Waals surface area contributed by atoms with Crippen molar-refractivity contribution in [2.75, 3.05) is 0 Å². The van der Waals surface area contributed by atoms with Crippen LogP contribution in [-0.2, 0) is 10.2 Å². The highest BCUT2D eigenvalue weighted by molar-refractivity contribution is 5.84. The number of hydrogen-bond acceptors (Lipinski definition) is 2. The molecule has 0 aliphatic heterocycles. The highest BCUT2D eigenvalue weighted by atomic mass is 16.4. The summed E-state index contributed by atoms with van der Waals surface area (Å²) in [5.41, 5.74) is 1.16. The standard InChI is InChI=1S/C16H20O3/c17-14(11-3-1-2-4-11)12-5-7-13(8-6-12)16(9-10-16)15(18)19/h5-8,11,14,17H,1-4,9-10H2,(H,18,19). The molecule has 0 saturated heterocycles. The summed E-state index contributed by atoms with van der Waals surface area (Å²) in [6.45, 7) is 0. The van der Waals surface area contributed by atoms with Gasteiger partial charge in [0.25, 0.3) is 0 Å². The first-order chi connectivity index (χ1) is 9.13. The molecule has 1 aromatic rings. The Morgan fingerprint density at radius 1 is 1.16 bits per heavy atom. The van der Waals surface area contributed by atoms with Crippen molar-refractivity contribution < 1.29 is 15.0 Å². The topological polar surface area (TPSA) is 57.5 Å². The van der Waals surface area contributed by atoms with Gasteiger partial charge in [-0.2, -0.15) is 0 Å². The maximum absolute atomic E-state index is 11.3. The molecule has 3 rings (SSSR count). The van der Waals surface area contributed by atoms with Gasteiger partial charge in [-0.15, -0.1) is 0 Å². The van der Waals surface area contributed by atoms with Crippen molar-refractivity contribution >= 4 is 5.97 Å². The molecule has 1 unspecified atom stereocenters. The molecule has 2 aliphatic rings. The van der Waals surface area contributed by atoms with Crippen molar-refractivity contribution in [3.63, 3.8) is 0 Å². The normalized spacial score (nSPS) is 23.2. The van der Waals surface area contributed by atoms with E-state index in [1.165, 1.54) is 12.8 Å². The second kappa shape index (κ2) is 4.64. The van der Waals surface area contributed by atoms with Crippen molar-refractivity contribution in [1.82, 2.24) is 0 Å². The van der Waals surface area contributed by atoms with Gasteiger partial charge in [-0.25, -0.2) is 0 Å². The van der Waals surface area contributed by atoms with Gasteiger partial charge >= 0.3 is 5.97 Å². The number of hydrogen-bond donors (Lipinski definition) is 2. The summed E-state index contributed by atoms with van der Waals surface area (Å²) < 4.78 is 0. The van der Waals surface area contributed by atoms with Crippen LogP contribution in [0.3, 0.4) is 0 Å². The Bertz CT molecular complexity index is 467. The molecular weight excluding hydrogens is 240 g/mol. The average Bonchev–Trinajstić information content (AvgIpc) is 3.07. The van der Waals surface area contributed by atoms with Gasteiger partial charge in [0.05, 0.1) is 11.5 Å². The summed E-state index contributed by atoms with van der Waals surface area (Å²) in [4.78, 5) is 11.3. The minimum Gasteiger partial charge on any atom is -0.481 e. The minimum absolute atomic E-state index is 0.375. The number of rotatable bonds is 4. The fraction of sp³-hybridized carbons (Fsp3) is 0.562. The molecule has 1 atom stereocenters. The monoisotopic (exact) mass is 260 g/mol. The van der Waals surface area contributed by atoms with Crippen molar-refractivity contribution in [2.45, 2.75) is 50.0 Å². The fourth-order valence-electron chi connectivity index (χ4n) is 3.30. The van der Waals surface area contributed by atoms with Crippen molar-refractivity contribution in [3.05, 3.63) is 35.4 Å². The van der Waals surface area contributed by atoms with Gasteiger partial charge in [0.1, 0.15) is 0 Å². The number of aliphatic hydroxyl groups is 1. The zero-order chi connectivity index (χ0) is 13.5. The summed E-state index contributed by atoms with van der Waals surface area (Å²) in [5.74, 6) is -0.350. The van der Waals surface area contributed by atoms with E-state index in [1.807, 2.05) is 24.3 Å². The van der Waals surface area contributed by atoms with Crippen LogP contribution in [0.2, 0.25) is 0 Å². The molecule has 0 radical (unpaired) electrons. The molecule has 1 aromatic carbocycles. The number of carboxylic acids is 1. The van der Waals surface area contributed by atoms with Crippen molar-refractivity contribution in [2.24, 2.45) is 5.92 Å². The summed E-state index contributed by atoms with van der Waals surface area (Å²) in [6.07, 6.45) is 5.68. The number of benzene rings is 1. The molecule has 0 bridgehead atoms. The van der Waals surface area contributed by atoms with Crippen molar-refractivity contribution in [1.29, 1.82) is 0 Å². The molecule has 3 nitrogen and oxygen atoms in total. The van der Waals surface area contributed by atoms with E-state index < -0.39 is 17.5 Å². The van der Waals surface area contributed by atoms with Crippen LogP contribution in [0.15, 0.2) is 24.3 Å². The third-order valence-electron chi connectivity index (χ3n) is 4.81. The van der Waals surface area contributed by atoms with E-state index in [9.17, 15) is 15.0 Å². The molecular formula is C16H20O3. The van der Waals surface area contributed by atoms with E-state index in [2.05, 4.69) is 0 Å². The first kappa shape index (κ1) is 12.7. The number of carbonyl (C=O) groups is 1. The summed E-state index contributed by atoms with van der Waals surface area (Å²) >= 11 is 0. The molecule has 2 N–H and O–H groups in total. The van der Waals surface area contributed by atoms with E-state index in [4.69, 9.17) is 0 Å². The molecule has 0 aromatic heterocycles. The number of aliphatic carboxylic acids is 1. The molecule has 102 valence electrons. The van der Waals surface area contributed by atoms with Crippen molar-refractivity contribution in [3.8, 4) is 0 Å². The Morgan fingerprint density at radius 3 is 2.21 bits per heavy atom. The van der Waals surface area contributed by atoms with E-state index in [0.29, 0.717) is 5.92 Å². The van der Waals surface area contributed by atoms with E-state index in [-0.39, 0.29) is 0 Å². The molecule has 2 fully saturated rings. The maximum atomic E-state index is 11.3.